The molecule has 3 aromatic rings. The number of ether oxygens (including phenoxy) is 2. The van der Waals surface area contributed by atoms with Crippen molar-refractivity contribution in [3.05, 3.63) is 70.3 Å². The predicted molar refractivity (Wildman–Crippen MR) is 101 cm³/mol. The van der Waals surface area contributed by atoms with E-state index in [9.17, 15) is 4.79 Å². The lowest BCUT2D eigenvalue weighted by atomic mass is 10.1. The molecule has 0 aliphatic carbocycles. The zero-order valence-electron chi connectivity index (χ0n) is 14.8. The lowest BCUT2D eigenvalue weighted by Gasteiger charge is -2.22. The van der Waals surface area contributed by atoms with E-state index in [-0.39, 0.29) is 5.91 Å². The Labute approximate surface area is 156 Å². The summed E-state index contributed by atoms with van der Waals surface area (Å²) in [4.78, 5) is 16.2. The number of rotatable bonds is 8. The first-order valence-corrected chi connectivity index (χ1v) is 9.14. The molecule has 0 saturated heterocycles. The Morgan fingerprint density at radius 2 is 2.00 bits per heavy atom. The Kier molecular flexibility index (Phi) is 5.96. The van der Waals surface area contributed by atoms with Crippen molar-refractivity contribution in [1.82, 2.24) is 4.90 Å². The van der Waals surface area contributed by atoms with Gasteiger partial charge in [-0.1, -0.05) is 6.07 Å². The van der Waals surface area contributed by atoms with E-state index in [4.69, 9.17) is 13.9 Å². The summed E-state index contributed by atoms with van der Waals surface area (Å²) in [6.45, 7) is 1.12. The predicted octanol–water partition coefficient (Wildman–Crippen LogP) is 4.24. The zero-order chi connectivity index (χ0) is 18.4. The van der Waals surface area contributed by atoms with Gasteiger partial charge in [-0.2, -0.15) is 0 Å². The second-order valence-corrected chi connectivity index (χ2v) is 6.79. The van der Waals surface area contributed by atoms with Crippen LogP contribution in [0.15, 0.2) is 58.7 Å². The summed E-state index contributed by atoms with van der Waals surface area (Å²) in [7, 11) is 3.14. The van der Waals surface area contributed by atoms with Crippen molar-refractivity contribution in [2.75, 3.05) is 20.8 Å². The number of hydrogen-bond acceptors (Lipinski definition) is 5. The third kappa shape index (κ3) is 4.26. The largest absolute Gasteiger partial charge is 0.493 e. The minimum absolute atomic E-state index is 0.0521. The van der Waals surface area contributed by atoms with Crippen LogP contribution in [0.2, 0.25) is 0 Å². The molecule has 6 heteroatoms. The van der Waals surface area contributed by atoms with Gasteiger partial charge in [0, 0.05) is 29.1 Å². The highest BCUT2D eigenvalue weighted by atomic mass is 32.1. The molecule has 3 rings (SSSR count). The van der Waals surface area contributed by atoms with E-state index in [1.807, 2.05) is 22.4 Å². The van der Waals surface area contributed by atoms with Gasteiger partial charge in [0.2, 0.25) is 0 Å². The fraction of sp³-hybridized carbons (Fsp3) is 0.250. The van der Waals surface area contributed by atoms with E-state index in [0.29, 0.717) is 30.2 Å². The van der Waals surface area contributed by atoms with Gasteiger partial charge in [-0.05, 0) is 42.1 Å². The van der Waals surface area contributed by atoms with Crippen LogP contribution < -0.4 is 9.47 Å². The molecule has 0 aliphatic rings. The number of amides is 1. The Hall–Kier alpha value is -2.73. The van der Waals surface area contributed by atoms with Crippen LogP contribution in [0.1, 0.15) is 20.8 Å². The maximum absolute atomic E-state index is 13.1. The Morgan fingerprint density at radius 1 is 1.15 bits per heavy atom. The molecule has 0 aliphatic heterocycles. The van der Waals surface area contributed by atoms with Crippen molar-refractivity contribution in [2.24, 2.45) is 0 Å². The van der Waals surface area contributed by atoms with Gasteiger partial charge in [0.05, 0.1) is 26.7 Å². The van der Waals surface area contributed by atoms with Crippen LogP contribution in [-0.4, -0.2) is 31.6 Å². The number of hydrogen-bond donors (Lipinski definition) is 0. The summed E-state index contributed by atoms with van der Waals surface area (Å²) in [6.07, 6.45) is 4.10. The Morgan fingerprint density at radius 3 is 2.65 bits per heavy atom. The van der Waals surface area contributed by atoms with Gasteiger partial charge in [0.25, 0.3) is 5.91 Å². The SMILES string of the molecule is COc1ccc(C(=O)N(CCc2cccs2)Cc2ccoc2)cc1OC. The van der Waals surface area contributed by atoms with Crippen molar-refractivity contribution in [2.45, 2.75) is 13.0 Å². The van der Waals surface area contributed by atoms with Gasteiger partial charge in [0.1, 0.15) is 0 Å². The lowest BCUT2D eigenvalue weighted by molar-refractivity contribution is 0.0744. The molecule has 26 heavy (non-hydrogen) atoms. The van der Waals surface area contributed by atoms with Gasteiger partial charge < -0.3 is 18.8 Å². The highest BCUT2D eigenvalue weighted by Gasteiger charge is 2.19. The molecule has 0 N–H and O–H groups in total. The van der Waals surface area contributed by atoms with Crippen molar-refractivity contribution in [3.63, 3.8) is 0 Å². The Balaban J connectivity index is 1.81. The molecule has 0 fully saturated rings. The van der Waals surface area contributed by atoms with Crippen LogP contribution in [0, 0.1) is 0 Å². The quantitative estimate of drug-likeness (QED) is 0.594. The molecule has 0 unspecified atom stereocenters. The fourth-order valence-corrected chi connectivity index (χ4v) is 3.41. The zero-order valence-corrected chi connectivity index (χ0v) is 15.6. The van der Waals surface area contributed by atoms with E-state index in [2.05, 4.69) is 6.07 Å². The number of carbonyl (C=O) groups is 1. The van der Waals surface area contributed by atoms with Crippen molar-refractivity contribution in [1.29, 1.82) is 0 Å². The summed E-state index contributed by atoms with van der Waals surface area (Å²) >= 11 is 1.70. The summed E-state index contributed by atoms with van der Waals surface area (Å²) in [5.74, 6) is 1.09. The molecule has 1 amide bonds. The molecule has 0 spiro atoms. The molecular weight excluding hydrogens is 350 g/mol. The van der Waals surface area contributed by atoms with Crippen LogP contribution in [-0.2, 0) is 13.0 Å². The standard InChI is InChI=1S/C20H21NO4S/c1-23-18-6-5-16(12-19(18)24-2)20(22)21(13-15-8-10-25-14-15)9-7-17-4-3-11-26-17/h3-6,8,10-12,14H,7,9,13H2,1-2H3. The van der Waals surface area contributed by atoms with E-state index >= 15 is 0 Å². The number of furan rings is 1. The Bertz CT molecular complexity index is 828. The fourth-order valence-electron chi connectivity index (χ4n) is 2.71. The molecule has 136 valence electrons. The maximum Gasteiger partial charge on any atom is 0.254 e. The van der Waals surface area contributed by atoms with E-state index < -0.39 is 0 Å². The third-order valence-corrected chi connectivity index (χ3v) is 5.02. The van der Waals surface area contributed by atoms with E-state index in [1.165, 1.54) is 4.88 Å². The van der Waals surface area contributed by atoms with Crippen LogP contribution >= 0.6 is 11.3 Å². The molecule has 2 aromatic heterocycles. The lowest BCUT2D eigenvalue weighted by Crippen LogP contribution is -2.32. The van der Waals surface area contributed by atoms with Gasteiger partial charge in [-0.15, -0.1) is 11.3 Å². The minimum atomic E-state index is -0.0521. The van der Waals surface area contributed by atoms with Crippen molar-refractivity contribution < 1.29 is 18.7 Å². The number of methoxy groups -OCH3 is 2. The monoisotopic (exact) mass is 371 g/mol. The molecule has 1 aromatic carbocycles. The highest BCUT2D eigenvalue weighted by Crippen LogP contribution is 2.28. The average molecular weight is 371 g/mol. The summed E-state index contributed by atoms with van der Waals surface area (Å²) in [5, 5.41) is 2.05. The van der Waals surface area contributed by atoms with Gasteiger partial charge in [-0.3, -0.25) is 4.79 Å². The highest BCUT2D eigenvalue weighted by molar-refractivity contribution is 7.09. The number of carbonyl (C=O) groups excluding carboxylic acids is 1. The van der Waals surface area contributed by atoms with Crippen LogP contribution in [0.3, 0.4) is 0 Å². The third-order valence-electron chi connectivity index (χ3n) is 4.08. The summed E-state index contributed by atoms with van der Waals surface area (Å²) < 4.78 is 15.7. The van der Waals surface area contributed by atoms with Gasteiger partial charge >= 0.3 is 0 Å². The molecule has 0 atom stereocenters. The second kappa shape index (κ2) is 8.58. The van der Waals surface area contributed by atoms with Gasteiger partial charge in [0.15, 0.2) is 11.5 Å². The normalized spacial score (nSPS) is 10.5. The summed E-state index contributed by atoms with van der Waals surface area (Å²) in [6, 6.07) is 11.2. The van der Waals surface area contributed by atoms with Crippen LogP contribution in [0.5, 0.6) is 11.5 Å². The van der Waals surface area contributed by atoms with Crippen molar-refractivity contribution in [3.8, 4) is 11.5 Å². The van der Waals surface area contributed by atoms with E-state index in [0.717, 1.165) is 12.0 Å². The molecule has 0 radical (unpaired) electrons. The molecular formula is C20H21NO4S. The minimum Gasteiger partial charge on any atom is -0.493 e. The van der Waals surface area contributed by atoms with Crippen LogP contribution in [0.4, 0.5) is 0 Å². The summed E-state index contributed by atoms with van der Waals surface area (Å²) in [5.41, 5.74) is 1.53. The first-order chi connectivity index (χ1) is 12.7. The molecule has 0 bridgehead atoms. The first kappa shape index (κ1) is 18.1. The number of nitrogens with zero attached hydrogens (tertiary/aromatic N) is 1. The average Bonchev–Trinajstić information content (AvgIpc) is 3.37. The second-order valence-electron chi connectivity index (χ2n) is 5.76. The molecule has 5 nitrogen and oxygen atoms in total. The van der Waals surface area contributed by atoms with Gasteiger partial charge in [-0.25, -0.2) is 0 Å². The van der Waals surface area contributed by atoms with Crippen molar-refractivity contribution >= 4 is 17.2 Å². The molecule has 2 heterocycles. The first-order valence-electron chi connectivity index (χ1n) is 8.26. The van der Waals surface area contributed by atoms with Crippen LogP contribution in [0.25, 0.3) is 0 Å². The van der Waals surface area contributed by atoms with E-state index in [1.54, 1.807) is 56.3 Å². The molecule has 0 saturated carbocycles. The number of thiophene rings is 1. The smallest absolute Gasteiger partial charge is 0.254 e. The maximum atomic E-state index is 13.1. The number of benzene rings is 1. The topological polar surface area (TPSA) is 51.9 Å².